The zero-order chi connectivity index (χ0) is 13.2. The van der Waals surface area contributed by atoms with Gasteiger partial charge in [-0.15, -0.1) is 45.8 Å². The molecular formula is C13H9BrCl2NPd-. The van der Waals surface area contributed by atoms with E-state index in [-0.39, 0.29) is 15.9 Å². The number of rotatable bonds is 2. The molecule has 98 valence electrons. The summed E-state index contributed by atoms with van der Waals surface area (Å²) < 4.78 is 1.00. The first kappa shape index (κ1) is 15.9. The Morgan fingerprint density at radius 1 is 1.11 bits per heavy atom. The van der Waals surface area contributed by atoms with Crippen molar-refractivity contribution in [1.29, 1.82) is 0 Å². The van der Waals surface area contributed by atoms with Gasteiger partial charge in [0.2, 0.25) is 0 Å². The van der Waals surface area contributed by atoms with Crippen molar-refractivity contribution in [3.05, 3.63) is 64.6 Å². The standard InChI is InChI=1S/C13H9BrN.2ClH.Pd/c14-13-9-5-4-6-11(13)10-15-12-7-2-1-3-8-12;;;/h1-5,7-10H;2*1H;/q-1;;;+2/p-2. The molecule has 0 aliphatic carbocycles. The molecule has 0 saturated carbocycles. The van der Waals surface area contributed by atoms with Gasteiger partial charge in [-0.3, -0.25) is 0 Å². The van der Waals surface area contributed by atoms with E-state index in [2.05, 4.69) is 27.0 Å². The van der Waals surface area contributed by atoms with Gasteiger partial charge >= 0.3 is 35.0 Å². The Morgan fingerprint density at radius 3 is 2.39 bits per heavy atom. The van der Waals surface area contributed by atoms with E-state index in [1.807, 2.05) is 48.5 Å². The third-order valence-electron chi connectivity index (χ3n) is 1.93. The number of benzene rings is 2. The van der Waals surface area contributed by atoms with E-state index in [9.17, 15) is 0 Å². The Bertz CT molecular complexity index is 491. The first-order valence-electron chi connectivity index (χ1n) is 4.85. The van der Waals surface area contributed by atoms with Gasteiger partial charge in [-0.1, -0.05) is 22.7 Å². The Morgan fingerprint density at radius 2 is 1.78 bits per heavy atom. The molecule has 0 amide bonds. The van der Waals surface area contributed by atoms with Crippen molar-refractivity contribution in [2.24, 2.45) is 4.99 Å². The minimum absolute atomic E-state index is 0.106. The Hall–Kier alpha value is -0.168. The van der Waals surface area contributed by atoms with Gasteiger partial charge in [0.15, 0.2) is 0 Å². The predicted molar refractivity (Wildman–Crippen MR) is 78.4 cm³/mol. The van der Waals surface area contributed by atoms with E-state index in [1.54, 1.807) is 6.21 Å². The molecule has 0 saturated heterocycles. The molecule has 2 rings (SSSR count). The first-order chi connectivity index (χ1) is 8.77. The van der Waals surface area contributed by atoms with E-state index >= 15 is 0 Å². The third-order valence-corrected chi connectivity index (χ3v) is 2.63. The SMILES string of the molecule is Brc1ccc[c-]c1C=Nc1ccccc1.[Cl][Pd][Cl]. The molecular weight excluding hydrogens is 427 g/mol. The van der Waals surface area contributed by atoms with E-state index in [4.69, 9.17) is 19.1 Å². The van der Waals surface area contributed by atoms with Crippen LogP contribution >= 0.6 is 35.0 Å². The molecule has 18 heavy (non-hydrogen) atoms. The van der Waals surface area contributed by atoms with E-state index in [0.717, 1.165) is 15.7 Å². The summed E-state index contributed by atoms with van der Waals surface area (Å²) in [5.74, 6) is 0. The molecule has 0 N–H and O–H groups in total. The second kappa shape index (κ2) is 9.72. The van der Waals surface area contributed by atoms with Crippen LogP contribution in [0.15, 0.2) is 58.0 Å². The van der Waals surface area contributed by atoms with E-state index in [1.165, 1.54) is 0 Å². The third kappa shape index (κ3) is 6.13. The summed E-state index contributed by atoms with van der Waals surface area (Å²) in [6.45, 7) is 0. The normalized spacial score (nSPS) is 10.2. The van der Waals surface area contributed by atoms with Crippen LogP contribution in [-0.4, -0.2) is 6.21 Å². The summed E-state index contributed by atoms with van der Waals surface area (Å²) >= 11 is 3.34. The molecule has 1 nitrogen and oxygen atoms in total. The quantitative estimate of drug-likeness (QED) is 0.341. The van der Waals surface area contributed by atoms with Crippen molar-refractivity contribution in [3.8, 4) is 0 Å². The number of hydrogen-bond acceptors (Lipinski definition) is 1. The zero-order valence-corrected chi connectivity index (χ0v) is 13.7. The van der Waals surface area contributed by atoms with E-state index in [0.29, 0.717) is 0 Å². The van der Waals surface area contributed by atoms with Gasteiger partial charge in [0, 0.05) is 0 Å². The molecule has 0 unspecified atom stereocenters. The molecule has 2 aromatic rings. The molecule has 0 spiro atoms. The maximum atomic E-state index is 4.81. The summed E-state index contributed by atoms with van der Waals surface area (Å²) in [6, 6.07) is 18.7. The van der Waals surface area contributed by atoms with Crippen LogP contribution in [0.25, 0.3) is 0 Å². The predicted octanol–water partition coefficient (Wildman–Crippen LogP) is 5.38. The van der Waals surface area contributed by atoms with Crippen LogP contribution in [-0.2, 0) is 15.9 Å². The number of hydrogen-bond donors (Lipinski definition) is 0. The van der Waals surface area contributed by atoms with Gasteiger partial charge in [0.1, 0.15) is 0 Å². The molecule has 0 aliphatic heterocycles. The second-order valence-corrected chi connectivity index (χ2v) is 6.29. The van der Waals surface area contributed by atoms with Crippen molar-refractivity contribution >= 4 is 46.9 Å². The molecule has 0 aliphatic rings. The van der Waals surface area contributed by atoms with Crippen LogP contribution < -0.4 is 0 Å². The Kier molecular flexibility index (Phi) is 8.58. The molecule has 5 heteroatoms. The van der Waals surface area contributed by atoms with Crippen LogP contribution in [0.5, 0.6) is 0 Å². The Balaban J connectivity index is 0.000000492. The first-order valence-corrected chi connectivity index (χ1v) is 9.65. The number of nitrogens with zero attached hydrogens (tertiary/aromatic N) is 1. The second-order valence-electron chi connectivity index (χ2n) is 3.07. The topological polar surface area (TPSA) is 12.4 Å². The van der Waals surface area contributed by atoms with E-state index < -0.39 is 0 Å². The molecule has 0 atom stereocenters. The average molecular weight is 436 g/mol. The summed E-state index contributed by atoms with van der Waals surface area (Å²) in [7, 11) is 9.63. The van der Waals surface area contributed by atoms with Crippen LogP contribution in [0.4, 0.5) is 5.69 Å². The monoisotopic (exact) mass is 434 g/mol. The molecule has 0 aromatic heterocycles. The van der Waals surface area contributed by atoms with Crippen molar-refractivity contribution in [1.82, 2.24) is 0 Å². The molecule has 2 aromatic carbocycles. The van der Waals surface area contributed by atoms with Crippen LogP contribution in [0.2, 0.25) is 0 Å². The average Bonchev–Trinajstić information content (AvgIpc) is 2.40. The van der Waals surface area contributed by atoms with Crippen molar-refractivity contribution in [3.63, 3.8) is 0 Å². The fraction of sp³-hybridized carbons (Fsp3) is 0. The van der Waals surface area contributed by atoms with Gasteiger partial charge in [-0.05, 0) is 18.3 Å². The van der Waals surface area contributed by atoms with Gasteiger partial charge in [0.25, 0.3) is 0 Å². The van der Waals surface area contributed by atoms with Crippen molar-refractivity contribution in [2.75, 3.05) is 0 Å². The molecule has 0 bridgehead atoms. The van der Waals surface area contributed by atoms with Crippen LogP contribution in [0, 0.1) is 6.07 Å². The van der Waals surface area contributed by atoms with Gasteiger partial charge in [-0.2, -0.15) is 0 Å². The molecule has 0 heterocycles. The van der Waals surface area contributed by atoms with Crippen molar-refractivity contribution < 1.29 is 15.9 Å². The fourth-order valence-corrected chi connectivity index (χ4v) is 1.55. The van der Waals surface area contributed by atoms with Crippen molar-refractivity contribution in [2.45, 2.75) is 0 Å². The van der Waals surface area contributed by atoms with Gasteiger partial charge < -0.3 is 4.99 Å². The van der Waals surface area contributed by atoms with Crippen LogP contribution in [0.1, 0.15) is 5.56 Å². The Labute approximate surface area is 131 Å². The summed E-state index contributed by atoms with van der Waals surface area (Å²) in [5, 5.41) is 0. The molecule has 0 fully saturated rings. The minimum atomic E-state index is -0.106. The zero-order valence-electron chi connectivity index (χ0n) is 9.09. The number of aliphatic imine (C=N–C) groups is 1. The van der Waals surface area contributed by atoms with Crippen LogP contribution in [0.3, 0.4) is 0 Å². The summed E-state index contributed by atoms with van der Waals surface area (Å²) in [5.41, 5.74) is 1.91. The summed E-state index contributed by atoms with van der Waals surface area (Å²) in [4.78, 5) is 4.35. The fourth-order valence-electron chi connectivity index (χ4n) is 1.18. The summed E-state index contributed by atoms with van der Waals surface area (Å²) in [6.07, 6.45) is 1.80. The molecule has 0 radical (unpaired) electrons. The van der Waals surface area contributed by atoms with Gasteiger partial charge in [-0.25, -0.2) is 0 Å². The number of halogens is 3. The number of para-hydroxylation sites is 1. The maximum absolute atomic E-state index is 4.81. The van der Waals surface area contributed by atoms with Gasteiger partial charge in [0.05, 0.1) is 5.69 Å².